The fourth-order valence-electron chi connectivity index (χ4n) is 1.05. The number of ether oxygens (including phenoxy) is 1. The number of aliphatic hydroxyl groups excluding tert-OH is 1. The first-order valence-electron chi connectivity index (χ1n) is 3.80. The Labute approximate surface area is 70.8 Å². The Morgan fingerprint density at radius 2 is 2.50 bits per heavy atom. The zero-order valence-corrected chi connectivity index (χ0v) is 7.19. The van der Waals surface area contributed by atoms with Gasteiger partial charge in [-0.1, -0.05) is 0 Å². The van der Waals surface area contributed by atoms with E-state index in [9.17, 15) is 4.79 Å². The molecule has 1 fully saturated rings. The molecule has 5 nitrogen and oxygen atoms in total. The predicted molar refractivity (Wildman–Crippen MR) is 40.1 cm³/mol. The zero-order chi connectivity index (χ0) is 9.14. The maximum atomic E-state index is 11.0. The third kappa shape index (κ3) is 1.94. The second kappa shape index (κ2) is 3.84. The number of methoxy groups -OCH3 is 1. The van der Waals surface area contributed by atoms with Crippen molar-refractivity contribution in [2.24, 2.45) is 0 Å². The number of esters is 1. The summed E-state index contributed by atoms with van der Waals surface area (Å²) in [5.41, 5.74) is 0. The number of β-amino-alcohol motifs (C(OH)–C–C–N with tert-alkyl or cyclic N) is 1. The number of rotatable bonds is 2. The van der Waals surface area contributed by atoms with Gasteiger partial charge >= 0.3 is 5.97 Å². The fourth-order valence-corrected chi connectivity index (χ4v) is 1.05. The van der Waals surface area contributed by atoms with Gasteiger partial charge in [0, 0.05) is 0 Å². The molecule has 0 aromatic heterocycles. The van der Waals surface area contributed by atoms with Crippen LogP contribution in [-0.4, -0.2) is 48.5 Å². The molecule has 1 aliphatic heterocycles. The Bertz CT molecular complexity index is 173. The van der Waals surface area contributed by atoms with Gasteiger partial charge in [0.2, 0.25) is 0 Å². The van der Waals surface area contributed by atoms with Crippen LogP contribution >= 0.6 is 0 Å². The highest BCUT2D eigenvalue weighted by molar-refractivity contribution is 5.74. The lowest BCUT2D eigenvalue weighted by atomic mass is 10.3. The molecule has 5 heteroatoms. The third-order valence-electron chi connectivity index (χ3n) is 1.80. The van der Waals surface area contributed by atoms with E-state index in [4.69, 9.17) is 9.94 Å². The van der Waals surface area contributed by atoms with Gasteiger partial charge in [0.15, 0.2) is 0 Å². The monoisotopic (exact) mass is 175 g/mol. The van der Waals surface area contributed by atoms with E-state index in [-0.39, 0.29) is 12.6 Å². The highest BCUT2D eigenvalue weighted by Crippen LogP contribution is 2.10. The summed E-state index contributed by atoms with van der Waals surface area (Å²) < 4.78 is 4.52. The molecule has 0 spiro atoms. The number of aliphatic hydroxyl groups is 1. The molecular formula is C7H13NO4. The lowest BCUT2D eigenvalue weighted by molar-refractivity contribution is -0.174. The van der Waals surface area contributed by atoms with E-state index in [2.05, 4.69) is 4.74 Å². The molecule has 1 aliphatic rings. The molecule has 0 amide bonds. The van der Waals surface area contributed by atoms with E-state index in [1.54, 1.807) is 6.92 Å². The van der Waals surface area contributed by atoms with Crippen molar-refractivity contribution in [1.29, 1.82) is 0 Å². The fraction of sp³-hybridized carbons (Fsp3) is 0.857. The van der Waals surface area contributed by atoms with Crippen LogP contribution in [0.25, 0.3) is 0 Å². The van der Waals surface area contributed by atoms with E-state index in [0.717, 1.165) is 0 Å². The summed E-state index contributed by atoms with van der Waals surface area (Å²) >= 11 is 0. The van der Waals surface area contributed by atoms with Crippen molar-refractivity contribution in [3.63, 3.8) is 0 Å². The molecule has 1 rings (SSSR count). The normalized spacial score (nSPS) is 27.1. The predicted octanol–water partition coefficient (Wildman–Crippen LogP) is -0.844. The zero-order valence-electron chi connectivity index (χ0n) is 7.19. The van der Waals surface area contributed by atoms with Crippen LogP contribution in [0, 0.1) is 0 Å². The molecule has 0 aromatic rings. The molecule has 2 unspecified atom stereocenters. The van der Waals surface area contributed by atoms with Crippen LogP contribution in [0.3, 0.4) is 0 Å². The van der Waals surface area contributed by atoms with Gasteiger partial charge in [0.05, 0.1) is 26.4 Å². The summed E-state index contributed by atoms with van der Waals surface area (Å²) in [6.07, 6.45) is -0.503. The Kier molecular flexibility index (Phi) is 3.02. The van der Waals surface area contributed by atoms with Gasteiger partial charge in [-0.2, -0.15) is 5.06 Å². The SMILES string of the molecule is COC(=O)C(C)N1CC(O)CO1. The third-order valence-corrected chi connectivity index (χ3v) is 1.80. The average molecular weight is 175 g/mol. The van der Waals surface area contributed by atoms with Gasteiger partial charge in [-0.25, -0.2) is 0 Å². The summed E-state index contributed by atoms with van der Waals surface area (Å²) in [5, 5.41) is 10.5. The van der Waals surface area contributed by atoms with Crippen LogP contribution in [0.5, 0.6) is 0 Å². The molecule has 12 heavy (non-hydrogen) atoms. The van der Waals surface area contributed by atoms with Crippen molar-refractivity contribution in [2.45, 2.75) is 19.1 Å². The molecule has 0 saturated carbocycles. The van der Waals surface area contributed by atoms with E-state index in [1.807, 2.05) is 0 Å². The van der Waals surface area contributed by atoms with Crippen molar-refractivity contribution < 1.29 is 19.5 Å². The van der Waals surface area contributed by atoms with Crippen LogP contribution in [0.1, 0.15) is 6.92 Å². The van der Waals surface area contributed by atoms with Gasteiger partial charge in [0.1, 0.15) is 6.04 Å². The van der Waals surface area contributed by atoms with Gasteiger partial charge < -0.3 is 9.84 Å². The summed E-state index contributed by atoms with van der Waals surface area (Å²) in [6.45, 7) is 2.28. The van der Waals surface area contributed by atoms with E-state index >= 15 is 0 Å². The molecular weight excluding hydrogens is 162 g/mol. The first-order chi connectivity index (χ1) is 5.65. The smallest absolute Gasteiger partial charge is 0.325 e. The van der Waals surface area contributed by atoms with E-state index < -0.39 is 12.1 Å². The number of hydrogen-bond acceptors (Lipinski definition) is 5. The molecule has 2 atom stereocenters. The van der Waals surface area contributed by atoms with E-state index in [1.165, 1.54) is 12.2 Å². The second-order valence-electron chi connectivity index (χ2n) is 2.75. The van der Waals surface area contributed by atoms with Crippen molar-refractivity contribution in [1.82, 2.24) is 5.06 Å². The molecule has 0 radical (unpaired) electrons. The Morgan fingerprint density at radius 1 is 1.83 bits per heavy atom. The van der Waals surface area contributed by atoms with Gasteiger partial charge in [0.25, 0.3) is 0 Å². The second-order valence-corrected chi connectivity index (χ2v) is 2.75. The quantitative estimate of drug-likeness (QED) is 0.554. The summed E-state index contributed by atoms with van der Waals surface area (Å²) in [7, 11) is 1.32. The first kappa shape index (κ1) is 9.44. The van der Waals surface area contributed by atoms with Gasteiger partial charge in [-0.05, 0) is 6.92 Å². The average Bonchev–Trinajstić information content (AvgIpc) is 2.49. The number of carbonyl (C=O) groups is 1. The minimum atomic E-state index is -0.503. The Hall–Kier alpha value is -0.650. The maximum absolute atomic E-state index is 11.0. The lowest BCUT2D eigenvalue weighted by Crippen LogP contribution is -2.37. The molecule has 0 bridgehead atoms. The van der Waals surface area contributed by atoms with Crippen molar-refractivity contribution >= 4 is 5.97 Å². The number of hydrogen-bond donors (Lipinski definition) is 1. The molecule has 1 N–H and O–H groups in total. The minimum absolute atomic E-state index is 0.251. The number of carbonyl (C=O) groups excluding carboxylic acids is 1. The number of nitrogens with zero attached hydrogens (tertiary/aromatic N) is 1. The topological polar surface area (TPSA) is 59.0 Å². The first-order valence-corrected chi connectivity index (χ1v) is 3.80. The molecule has 0 aromatic carbocycles. The maximum Gasteiger partial charge on any atom is 0.325 e. The van der Waals surface area contributed by atoms with Gasteiger partial charge in [-0.15, -0.1) is 0 Å². The Balaban J connectivity index is 2.42. The minimum Gasteiger partial charge on any atom is -0.468 e. The van der Waals surface area contributed by atoms with Crippen LogP contribution in [0.4, 0.5) is 0 Å². The Morgan fingerprint density at radius 3 is 2.92 bits per heavy atom. The van der Waals surface area contributed by atoms with Crippen LogP contribution in [-0.2, 0) is 14.4 Å². The molecule has 1 saturated heterocycles. The van der Waals surface area contributed by atoms with Crippen LogP contribution in [0.15, 0.2) is 0 Å². The van der Waals surface area contributed by atoms with Crippen molar-refractivity contribution in [3.8, 4) is 0 Å². The van der Waals surface area contributed by atoms with Crippen LogP contribution < -0.4 is 0 Å². The number of hydroxylamine groups is 2. The molecule has 0 aliphatic carbocycles. The largest absolute Gasteiger partial charge is 0.468 e. The standard InChI is InChI=1S/C7H13NO4/c1-5(7(10)11-2)8-3-6(9)4-12-8/h5-6,9H,3-4H2,1-2H3. The summed E-state index contributed by atoms with van der Waals surface area (Å²) in [5.74, 6) is -0.357. The lowest BCUT2D eigenvalue weighted by Gasteiger charge is -2.19. The molecule has 70 valence electrons. The van der Waals surface area contributed by atoms with Crippen molar-refractivity contribution in [3.05, 3.63) is 0 Å². The van der Waals surface area contributed by atoms with Gasteiger partial charge in [-0.3, -0.25) is 9.63 Å². The molecule has 1 heterocycles. The summed E-state index contributed by atoms with van der Waals surface area (Å²) in [4.78, 5) is 16.0. The highest BCUT2D eigenvalue weighted by atomic mass is 16.7. The van der Waals surface area contributed by atoms with Crippen molar-refractivity contribution in [2.75, 3.05) is 20.3 Å². The van der Waals surface area contributed by atoms with Crippen LogP contribution in [0.2, 0.25) is 0 Å². The summed E-state index contributed by atoms with van der Waals surface area (Å²) in [6, 6.07) is -0.452. The van der Waals surface area contributed by atoms with E-state index in [0.29, 0.717) is 6.54 Å². The highest BCUT2D eigenvalue weighted by Gasteiger charge is 2.30.